The van der Waals surface area contributed by atoms with E-state index in [0.717, 1.165) is 22.4 Å². The number of hydrogen-bond donors (Lipinski definition) is 2. The molecule has 0 spiro atoms. The molecule has 134 valence electrons. The van der Waals surface area contributed by atoms with E-state index in [1.54, 1.807) is 0 Å². The van der Waals surface area contributed by atoms with E-state index in [-0.39, 0.29) is 11.2 Å². The van der Waals surface area contributed by atoms with Crippen LogP contribution >= 0.6 is 11.8 Å². The van der Waals surface area contributed by atoms with E-state index >= 15 is 0 Å². The highest BCUT2D eigenvalue weighted by molar-refractivity contribution is 8.00. The van der Waals surface area contributed by atoms with Gasteiger partial charge in [0.2, 0.25) is 11.1 Å². The van der Waals surface area contributed by atoms with Gasteiger partial charge in [0.05, 0.1) is 5.25 Å². The summed E-state index contributed by atoms with van der Waals surface area (Å²) in [6.45, 7) is 5.81. The number of anilines is 1. The maximum Gasteiger partial charge on any atom is 0.237 e. The van der Waals surface area contributed by atoms with Crippen molar-refractivity contribution in [2.75, 3.05) is 11.2 Å². The van der Waals surface area contributed by atoms with Crippen LogP contribution in [0.5, 0.6) is 0 Å². The number of nitrogens with one attached hydrogen (secondary N) is 1. The van der Waals surface area contributed by atoms with Crippen LogP contribution in [0.3, 0.4) is 0 Å². The lowest BCUT2D eigenvalue weighted by molar-refractivity contribution is -0.115. The lowest BCUT2D eigenvalue weighted by Crippen LogP contribution is -2.23. The first-order valence-corrected chi connectivity index (χ1v) is 9.14. The Labute approximate surface area is 156 Å². The van der Waals surface area contributed by atoms with Crippen LogP contribution in [0.1, 0.15) is 18.1 Å². The van der Waals surface area contributed by atoms with E-state index < -0.39 is 0 Å². The van der Waals surface area contributed by atoms with Gasteiger partial charge in [-0.3, -0.25) is 4.79 Å². The first-order valence-electron chi connectivity index (χ1n) is 8.26. The molecule has 1 atom stereocenters. The Hall–Kier alpha value is -2.80. The Morgan fingerprint density at radius 1 is 1.12 bits per heavy atom. The quantitative estimate of drug-likeness (QED) is 0.533. The van der Waals surface area contributed by atoms with Gasteiger partial charge in [-0.15, -0.1) is 10.2 Å². The molecule has 1 amide bonds. The zero-order valence-corrected chi connectivity index (χ0v) is 15.7. The normalized spacial score (nSPS) is 12.0. The zero-order chi connectivity index (χ0) is 18.7. The molecule has 7 heteroatoms. The molecule has 0 aliphatic rings. The second-order valence-corrected chi connectivity index (χ2v) is 7.41. The van der Waals surface area contributed by atoms with Crippen molar-refractivity contribution < 1.29 is 4.79 Å². The molecular weight excluding hydrogens is 346 g/mol. The molecule has 0 saturated carbocycles. The largest absolute Gasteiger partial charge is 0.335 e. The third-order valence-corrected chi connectivity index (χ3v) is 5.08. The van der Waals surface area contributed by atoms with Gasteiger partial charge in [0.1, 0.15) is 0 Å². The summed E-state index contributed by atoms with van der Waals surface area (Å²) in [5, 5.41) is 11.4. The minimum atomic E-state index is -0.368. The van der Waals surface area contributed by atoms with Crippen LogP contribution in [0.4, 0.5) is 5.69 Å². The Bertz CT molecular complexity index is 920. The number of benzene rings is 2. The van der Waals surface area contributed by atoms with Crippen molar-refractivity contribution in [3.05, 3.63) is 59.7 Å². The van der Waals surface area contributed by atoms with E-state index in [4.69, 9.17) is 5.84 Å². The summed E-state index contributed by atoms with van der Waals surface area (Å²) in [5.41, 5.74) is 3.90. The number of hydrogen-bond acceptors (Lipinski definition) is 5. The highest BCUT2D eigenvalue weighted by atomic mass is 32.2. The molecule has 3 N–H and O–H groups in total. The van der Waals surface area contributed by atoms with Crippen LogP contribution in [0, 0.1) is 13.8 Å². The summed E-state index contributed by atoms with van der Waals surface area (Å²) in [4.78, 5) is 12.4. The van der Waals surface area contributed by atoms with Gasteiger partial charge in [0, 0.05) is 11.3 Å². The Morgan fingerprint density at radius 3 is 2.50 bits per heavy atom. The first kappa shape index (κ1) is 18.0. The molecule has 3 rings (SSSR count). The number of carbonyl (C=O) groups is 1. The number of nitrogens with two attached hydrogens (primary N) is 1. The Balaban J connectivity index is 1.71. The van der Waals surface area contributed by atoms with Crippen LogP contribution in [0.2, 0.25) is 0 Å². The van der Waals surface area contributed by atoms with Gasteiger partial charge in [0.15, 0.2) is 5.82 Å². The van der Waals surface area contributed by atoms with E-state index in [2.05, 4.69) is 15.5 Å². The molecule has 1 aromatic heterocycles. The van der Waals surface area contributed by atoms with Crippen molar-refractivity contribution in [3.8, 4) is 11.4 Å². The van der Waals surface area contributed by atoms with Gasteiger partial charge >= 0.3 is 0 Å². The molecule has 0 aliphatic heterocycles. The summed E-state index contributed by atoms with van der Waals surface area (Å²) in [5.74, 6) is 6.63. The smallest absolute Gasteiger partial charge is 0.237 e. The number of rotatable bonds is 5. The SMILES string of the molecule is Cc1ccc(NC(=O)[C@H](C)Sc2nnc(-c3ccccc3C)n2N)cc1. The average molecular weight is 367 g/mol. The van der Waals surface area contributed by atoms with Crippen molar-refractivity contribution >= 4 is 23.4 Å². The number of aryl methyl sites for hydroxylation is 2. The molecule has 0 unspecified atom stereocenters. The highest BCUT2D eigenvalue weighted by Gasteiger charge is 2.20. The van der Waals surface area contributed by atoms with Gasteiger partial charge < -0.3 is 11.2 Å². The number of amides is 1. The van der Waals surface area contributed by atoms with E-state index in [1.165, 1.54) is 16.4 Å². The molecular formula is C19H21N5OS. The predicted molar refractivity (Wildman–Crippen MR) is 105 cm³/mol. The molecule has 6 nitrogen and oxygen atoms in total. The second-order valence-electron chi connectivity index (χ2n) is 6.11. The second kappa shape index (κ2) is 7.61. The van der Waals surface area contributed by atoms with Crippen molar-refractivity contribution in [2.24, 2.45) is 0 Å². The van der Waals surface area contributed by atoms with Crippen LogP contribution in [0.15, 0.2) is 53.7 Å². The summed E-state index contributed by atoms with van der Waals surface area (Å²) in [6.07, 6.45) is 0. The van der Waals surface area contributed by atoms with Gasteiger partial charge in [-0.25, -0.2) is 4.68 Å². The maximum absolute atomic E-state index is 12.4. The van der Waals surface area contributed by atoms with E-state index in [9.17, 15) is 4.79 Å². The van der Waals surface area contributed by atoms with Crippen LogP contribution < -0.4 is 11.2 Å². The molecule has 0 aliphatic carbocycles. The molecule has 2 aromatic carbocycles. The number of nitrogens with zero attached hydrogens (tertiary/aromatic N) is 3. The first-order chi connectivity index (χ1) is 12.5. The fraction of sp³-hybridized carbons (Fsp3) is 0.211. The van der Waals surface area contributed by atoms with Gasteiger partial charge in [0.25, 0.3) is 0 Å². The van der Waals surface area contributed by atoms with Crippen molar-refractivity contribution in [1.82, 2.24) is 14.9 Å². The summed E-state index contributed by atoms with van der Waals surface area (Å²) < 4.78 is 1.43. The maximum atomic E-state index is 12.4. The fourth-order valence-corrected chi connectivity index (χ4v) is 3.23. The summed E-state index contributed by atoms with van der Waals surface area (Å²) in [6, 6.07) is 15.5. The van der Waals surface area contributed by atoms with Gasteiger partial charge in [-0.2, -0.15) is 0 Å². The number of nitrogen functional groups attached to an aromatic ring is 1. The topological polar surface area (TPSA) is 85.8 Å². The number of aromatic nitrogens is 3. The molecule has 0 saturated heterocycles. The summed E-state index contributed by atoms with van der Waals surface area (Å²) in [7, 11) is 0. The zero-order valence-electron chi connectivity index (χ0n) is 14.9. The third kappa shape index (κ3) is 3.88. The van der Waals surface area contributed by atoms with E-state index in [0.29, 0.717) is 11.0 Å². The molecule has 1 heterocycles. The van der Waals surface area contributed by atoms with Crippen LogP contribution in [-0.2, 0) is 4.79 Å². The van der Waals surface area contributed by atoms with Crippen molar-refractivity contribution in [3.63, 3.8) is 0 Å². The lowest BCUT2D eigenvalue weighted by Gasteiger charge is -2.12. The van der Waals surface area contributed by atoms with Crippen LogP contribution in [0.25, 0.3) is 11.4 Å². The molecule has 0 bridgehead atoms. The average Bonchev–Trinajstić information content (AvgIpc) is 2.98. The van der Waals surface area contributed by atoms with Gasteiger partial charge in [-0.1, -0.05) is 53.7 Å². The standard InChI is InChI=1S/C19H21N5OS/c1-12-8-10-15(11-9-12)21-18(25)14(3)26-19-23-22-17(24(19)20)16-7-5-4-6-13(16)2/h4-11,14H,20H2,1-3H3,(H,21,25)/t14-/m0/s1. The third-order valence-electron chi connectivity index (χ3n) is 4.02. The Kier molecular flexibility index (Phi) is 5.27. The van der Waals surface area contributed by atoms with Gasteiger partial charge in [-0.05, 0) is 38.5 Å². The molecule has 26 heavy (non-hydrogen) atoms. The molecule has 0 radical (unpaired) electrons. The predicted octanol–water partition coefficient (Wildman–Crippen LogP) is 3.40. The Morgan fingerprint density at radius 2 is 1.81 bits per heavy atom. The molecule has 0 fully saturated rings. The minimum absolute atomic E-state index is 0.112. The summed E-state index contributed by atoms with van der Waals surface area (Å²) >= 11 is 1.27. The van der Waals surface area contributed by atoms with E-state index in [1.807, 2.05) is 69.3 Å². The van der Waals surface area contributed by atoms with Crippen molar-refractivity contribution in [1.29, 1.82) is 0 Å². The number of thioether (sulfide) groups is 1. The number of carbonyl (C=O) groups excluding carboxylic acids is 1. The lowest BCUT2D eigenvalue weighted by atomic mass is 10.1. The monoisotopic (exact) mass is 367 g/mol. The van der Waals surface area contributed by atoms with Crippen molar-refractivity contribution in [2.45, 2.75) is 31.2 Å². The fourth-order valence-electron chi connectivity index (χ4n) is 2.46. The minimum Gasteiger partial charge on any atom is -0.335 e. The van der Waals surface area contributed by atoms with Crippen LogP contribution in [-0.4, -0.2) is 26.0 Å². The molecule has 3 aromatic rings. The highest BCUT2D eigenvalue weighted by Crippen LogP contribution is 2.27.